The van der Waals surface area contributed by atoms with Gasteiger partial charge in [-0.2, -0.15) is 0 Å². The fourth-order valence-corrected chi connectivity index (χ4v) is 2.93. The number of carbonyl (C=O) groups is 2. The third kappa shape index (κ3) is 7.53. The summed E-state index contributed by atoms with van der Waals surface area (Å²) in [4.78, 5) is 23.5. The van der Waals surface area contributed by atoms with Gasteiger partial charge in [-0.05, 0) is 61.9 Å². The van der Waals surface area contributed by atoms with Gasteiger partial charge >= 0.3 is 0 Å². The Kier molecular flexibility index (Phi) is 8.82. The zero-order valence-corrected chi connectivity index (χ0v) is 19.2. The summed E-state index contributed by atoms with van der Waals surface area (Å²) >= 11 is 0. The minimum Gasteiger partial charge on any atom is -0.298 e. The standard InChI is InChI=1S/2C14H14N2O/c1-11-7-5-6-10-13(11)15-16-14(17)12-8-3-2-4-9-12;1-11-7-9-13(10-8-11)15-16-14(17)12-5-3-2-4-6-12/h2*2-10,15H,1H3,(H,16,17). The van der Waals surface area contributed by atoms with Crippen LogP contribution < -0.4 is 21.7 Å². The molecule has 4 aromatic rings. The maximum Gasteiger partial charge on any atom is 0.269 e. The van der Waals surface area contributed by atoms with Gasteiger partial charge in [0.05, 0.1) is 11.4 Å². The smallest absolute Gasteiger partial charge is 0.269 e. The molecule has 2 amide bonds. The molecule has 4 aromatic carbocycles. The lowest BCUT2D eigenvalue weighted by molar-refractivity contribution is 0.0954. The predicted octanol–water partition coefficient (Wildman–Crippen LogP) is 5.50. The number of amides is 2. The third-order valence-electron chi connectivity index (χ3n) is 4.90. The molecule has 172 valence electrons. The maximum absolute atomic E-state index is 11.8. The van der Waals surface area contributed by atoms with E-state index >= 15 is 0 Å². The molecule has 4 rings (SSSR count). The summed E-state index contributed by atoms with van der Waals surface area (Å²) < 4.78 is 0. The van der Waals surface area contributed by atoms with Crippen LogP contribution in [0.2, 0.25) is 0 Å². The number of benzene rings is 4. The first-order chi connectivity index (χ1) is 16.5. The highest BCUT2D eigenvalue weighted by atomic mass is 16.2. The molecule has 4 N–H and O–H groups in total. The molecule has 0 saturated heterocycles. The van der Waals surface area contributed by atoms with Gasteiger partial charge in [-0.3, -0.25) is 31.3 Å². The number of carbonyl (C=O) groups excluding carboxylic acids is 2. The van der Waals surface area contributed by atoms with Gasteiger partial charge in [-0.15, -0.1) is 0 Å². The zero-order chi connectivity index (χ0) is 24.2. The largest absolute Gasteiger partial charge is 0.298 e. The summed E-state index contributed by atoms with van der Waals surface area (Å²) in [6.07, 6.45) is 0. The van der Waals surface area contributed by atoms with Crippen LogP contribution in [0.1, 0.15) is 31.8 Å². The molecule has 0 heterocycles. The second-order valence-electron chi connectivity index (χ2n) is 7.57. The van der Waals surface area contributed by atoms with Crippen LogP contribution in [0.25, 0.3) is 0 Å². The lowest BCUT2D eigenvalue weighted by Crippen LogP contribution is -2.29. The average molecular weight is 453 g/mol. The molecule has 0 aliphatic carbocycles. The summed E-state index contributed by atoms with van der Waals surface area (Å²) in [7, 11) is 0. The lowest BCUT2D eigenvalue weighted by Gasteiger charge is -2.10. The summed E-state index contributed by atoms with van der Waals surface area (Å²) in [6.45, 7) is 4.00. The van der Waals surface area contributed by atoms with Gasteiger partial charge in [0.15, 0.2) is 0 Å². The van der Waals surface area contributed by atoms with E-state index < -0.39 is 0 Å². The lowest BCUT2D eigenvalue weighted by atomic mass is 10.2. The van der Waals surface area contributed by atoms with E-state index in [1.54, 1.807) is 24.3 Å². The van der Waals surface area contributed by atoms with Crippen molar-refractivity contribution in [3.8, 4) is 0 Å². The highest BCUT2D eigenvalue weighted by Crippen LogP contribution is 2.12. The molecule has 0 atom stereocenters. The van der Waals surface area contributed by atoms with Gasteiger partial charge in [0.2, 0.25) is 0 Å². The zero-order valence-electron chi connectivity index (χ0n) is 19.2. The summed E-state index contributed by atoms with van der Waals surface area (Å²) in [5, 5.41) is 0. The van der Waals surface area contributed by atoms with Crippen molar-refractivity contribution in [1.29, 1.82) is 0 Å². The Morgan fingerprint density at radius 3 is 1.53 bits per heavy atom. The van der Waals surface area contributed by atoms with Crippen LogP contribution in [0.5, 0.6) is 0 Å². The van der Waals surface area contributed by atoms with Gasteiger partial charge < -0.3 is 0 Å². The van der Waals surface area contributed by atoms with E-state index in [1.807, 2.05) is 98.8 Å². The van der Waals surface area contributed by atoms with Crippen molar-refractivity contribution in [2.45, 2.75) is 13.8 Å². The normalized spacial score (nSPS) is 9.71. The highest BCUT2D eigenvalue weighted by Gasteiger charge is 2.04. The number of hydrogen-bond donors (Lipinski definition) is 4. The summed E-state index contributed by atoms with van der Waals surface area (Å²) in [5.41, 5.74) is 16.4. The number of aryl methyl sites for hydroxylation is 2. The van der Waals surface area contributed by atoms with Crippen molar-refractivity contribution in [2.24, 2.45) is 0 Å². The van der Waals surface area contributed by atoms with Gasteiger partial charge in [0, 0.05) is 11.1 Å². The molecule has 34 heavy (non-hydrogen) atoms. The van der Waals surface area contributed by atoms with Crippen molar-refractivity contribution in [3.05, 3.63) is 131 Å². The molecule has 0 aliphatic rings. The average Bonchev–Trinajstić information content (AvgIpc) is 2.89. The van der Waals surface area contributed by atoms with Gasteiger partial charge in [-0.25, -0.2) is 0 Å². The van der Waals surface area contributed by atoms with E-state index in [4.69, 9.17) is 0 Å². The number of nitrogens with one attached hydrogen (secondary N) is 4. The maximum atomic E-state index is 11.8. The highest BCUT2D eigenvalue weighted by molar-refractivity contribution is 5.95. The van der Waals surface area contributed by atoms with Crippen LogP contribution >= 0.6 is 0 Å². The summed E-state index contributed by atoms with van der Waals surface area (Å²) in [5.74, 6) is -0.292. The molecule has 6 heteroatoms. The van der Waals surface area contributed by atoms with E-state index in [9.17, 15) is 9.59 Å². The van der Waals surface area contributed by atoms with E-state index in [0.29, 0.717) is 11.1 Å². The molecule has 0 aromatic heterocycles. The molecular formula is C28H28N4O2. The van der Waals surface area contributed by atoms with Gasteiger partial charge in [0.1, 0.15) is 0 Å². The van der Waals surface area contributed by atoms with Crippen LogP contribution in [0.3, 0.4) is 0 Å². The van der Waals surface area contributed by atoms with Crippen molar-refractivity contribution in [2.75, 3.05) is 10.9 Å². The van der Waals surface area contributed by atoms with E-state index in [1.165, 1.54) is 5.56 Å². The number of anilines is 2. The Hall–Kier alpha value is -4.58. The minimum atomic E-state index is -0.147. The molecule has 0 unspecified atom stereocenters. The van der Waals surface area contributed by atoms with Gasteiger partial charge in [-0.1, -0.05) is 72.3 Å². The fourth-order valence-electron chi connectivity index (χ4n) is 2.93. The molecule has 0 fully saturated rings. The molecule has 0 saturated carbocycles. The fraction of sp³-hybridized carbons (Fsp3) is 0.0714. The first-order valence-corrected chi connectivity index (χ1v) is 10.9. The topological polar surface area (TPSA) is 82.3 Å². The van der Waals surface area contributed by atoms with Crippen LogP contribution in [-0.4, -0.2) is 11.8 Å². The SMILES string of the molecule is Cc1ccc(NNC(=O)c2ccccc2)cc1.Cc1ccccc1NNC(=O)c1ccccc1. The molecule has 6 nitrogen and oxygen atoms in total. The molecular weight excluding hydrogens is 424 g/mol. The van der Waals surface area contributed by atoms with Crippen molar-refractivity contribution in [3.63, 3.8) is 0 Å². The Bertz CT molecular complexity index is 1190. The number of hydrazine groups is 2. The predicted molar refractivity (Wildman–Crippen MR) is 137 cm³/mol. The Morgan fingerprint density at radius 1 is 0.529 bits per heavy atom. The monoisotopic (exact) mass is 452 g/mol. The number of rotatable bonds is 6. The molecule has 0 bridgehead atoms. The van der Waals surface area contributed by atoms with Gasteiger partial charge in [0.25, 0.3) is 11.8 Å². The van der Waals surface area contributed by atoms with Crippen molar-refractivity contribution >= 4 is 23.2 Å². The van der Waals surface area contributed by atoms with Crippen LogP contribution in [0.4, 0.5) is 11.4 Å². The Morgan fingerprint density at radius 2 is 1.00 bits per heavy atom. The second kappa shape index (κ2) is 12.5. The Labute approximate surface area is 200 Å². The van der Waals surface area contributed by atoms with E-state index in [0.717, 1.165) is 16.9 Å². The van der Waals surface area contributed by atoms with Crippen LogP contribution in [0, 0.1) is 13.8 Å². The molecule has 0 aliphatic heterocycles. The third-order valence-corrected chi connectivity index (χ3v) is 4.90. The first kappa shape index (κ1) is 24.1. The van der Waals surface area contributed by atoms with Crippen molar-refractivity contribution in [1.82, 2.24) is 10.9 Å². The first-order valence-electron chi connectivity index (χ1n) is 10.9. The number of hydrogen-bond acceptors (Lipinski definition) is 4. The van der Waals surface area contributed by atoms with Crippen LogP contribution in [-0.2, 0) is 0 Å². The Balaban J connectivity index is 0.000000191. The minimum absolute atomic E-state index is 0.145. The summed E-state index contributed by atoms with van der Waals surface area (Å²) in [6, 6.07) is 33.8. The van der Waals surface area contributed by atoms with E-state index in [-0.39, 0.29) is 11.8 Å². The van der Waals surface area contributed by atoms with E-state index in [2.05, 4.69) is 21.7 Å². The van der Waals surface area contributed by atoms with Crippen LogP contribution in [0.15, 0.2) is 109 Å². The van der Waals surface area contributed by atoms with Crippen molar-refractivity contribution < 1.29 is 9.59 Å². The number of para-hydroxylation sites is 1. The second-order valence-corrected chi connectivity index (χ2v) is 7.57. The molecule has 0 spiro atoms. The quantitative estimate of drug-likeness (QED) is 0.291. The molecule has 0 radical (unpaired) electrons.